The summed E-state index contributed by atoms with van der Waals surface area (Å²) < 4.78 is 0. The van der Waals surface area contributed by atoms with Crippen LogP contribution in [0.4, 0.5) is 0 Å². The van der Waals surface area contributed by atoms with Crippen LogP contribution in [-0.2, 0) is 4.79 Å². The molecule has 0 heterocycles. The molecule has 106 valence electrons. The molecule has 0 aliphatic heterocycles. The second kappa shape index (κ2) is 7.78. The topological polar surface area (TPSA) is 32.3 Å². The van der Waals surface area contributed by atoms with Gasteiger partial charge < -0.3 is 10.2 Å². The molecule has 0 saturated heterocycles. The zero-order chi connectivity index (χ0) is 13.5. The van der Waals surface area contributed by atoms with Crippen LogP contribution in [0.3, 0.4) is 0 Å². The highest BCUT2D eigenvalue weighted by atomic mass is 16.2. The van der Waals surface area contributed by atoms with Gasteiger partial charge in [-0.3, -0.25) is 4.79 Å². The highest BCUT2D eigenvalue weighted by molar-refractivity contribution is 5.79. The molecule has 0 aromatic carbocycles. The van der Waals surface area contributed by atoms with Crippen molar-refractivity contribution in [3.8, 4) is 0 Å². The maximum Gasteiger partial charge on any atom is 0.226 e. The summed E-state index contributed by atoms with van der Waals surface area (Å²) in [5.74, 6) is 1.00. The van der Waals surface area contributed by atoms with E-state index in [9.17, 15) is 4.79 Å². The summed E-state index contributed by atoms with van der Waals surface area (Å²) in [7, 11) is 0. The molecule has 3 nitrogen and oxygen atoms in total. The Hall–Kier alpha value is -0.570. The van der Waals surface area contributed by atoms with E-state index in [0.717, 1.165) is 19.6 Å². The lowest BCUT2D eigenvalue weighted by Gasteiger charge is -2.33. The van der Waals surface area contributed by atoms with Crippen LogP contribution < -0.4 is 5.32 Å². The molecule has 1 amide bonds. The Bertz CT molecular complexity index is 247. The van der Waals surface area contributed by atoms with Gasteiger partial charge in [0.25, 0.3) is 0 Å². The van der Waals surface area contributed by atoms with Crippen molar-refractivity contribution in [3.63, 3.8) is 0 Å². The third kappa shape index (κ3) is 4.60. The standard InChI is InChI=1S/C15H30N2O/c1-5-16-10-13(4)15(18)17(11-12(2)3)14-8-6-7-9-14/h12-14,16H,5-11H2,1-4H3. The highest BCUT2D eigenvalue weighted by Crippen LogP contribution is 2.25. The Kier molecular flexibility index (Phi) is 6.69. The molecule has 1 atom stereocenters. The number of hydrogen-bond acceptors (Lipinski definition) is 2. The first-order valence-electron chi connectivity index (χ1n) is 7.57. The van der Waals surface area contributed by atoms with E-state index in [2.05, 4.69) is 31.0 Å². The molecular formula is C15H30N2O. The molecule has 0 aromatic heterocycles. The van der Waals surface area contributed by atoms with Gasteiger partial charge in [-0.1, -0.05) is 40.5 Å². The molecule has 1 rings (SSSR count). The number of rotatable bonds is 7. The Morgan fingerprint density at radius 1 is 1.28 bits per heavy atom. The summed E-state index contributed by atoms with van der Waals surface area (Å²) in [6.07, 6.45) is 4.97. The van der Waals surface area contributed by atoms with E-state index in [4.69, 9.17) is 0 Å². The van der Waals surface area contributed by atoms with Gasteiger partial charge in [0.2, 0.25) is 5.91 Å². The van der Waals surface area contributed by atoms with Crippen molar-refractivity contribution in [2.45, 2.75) is 59.4 Å². The van der Waals surface area contributed by atoms with E-state index in [1.165, 1.54) is 25.7 Å². The zero-order valence-electron chi connectivity index (χ0n) is 12.5. The van der Waals surface area contributed by atoms with E-state index in [0.29, 0.717) is 17.9 Å². The van der Waals surface area contributed by atoms with Gasteiger partial charge in [0, 0.05) is 25.0 Å². The fourth-order valence-electron chi connectivity index (χ4n) is 2.76. The van der Waals surface area contributed by atoms with Gasteiger partial charge in [-0.05, 0) is 25.3 Å². The van der Waals surface area contributed by atoms with Crippen LogP contribution >= 0.6 is 0 Å². The summed E-state index contributed by atoms with van der Waals surface area (Å²) in [5.41, 5.74) is 0. The van der Waals surface area contributed by atoms with E-state index in [1.54, 1.807) is 0 Å². The van der Waals surface area contributed by atoms with Crippen LogP contribution in [0.15, 0.2) is 0 Å². The van der Waals surface area contributed by atoms with E-state index in [-0.39, 0.29) is 5.92 Å². The molecule has 1 unspecified atom stereocenters. The number of nitrogens with one attached hydrogen (secondary N) is 1. The summed E-state index contributed by atoms with van der Waals surface area (Å²) in [4.78, 5) is 14.7. The lowest BCUT2D eigenvalue weighted by molar-refractivity contribution is -0.137. The number of hydrogen-bond donors (Lipinski definition) is 1. The minimum Gasteiger partial charge on any atom is -0.339 e. The first-order chi connectivity index (χ1) is 8.56. The van der Waals surface area contributed by atoms with Crippen LogP contribution in [0.25, 0.3) is 0 Å². The lowest BCUT2D eigenvalue weighted by atomic mass is 10.1. The molecule has 1 aliphatic rings. The molecule has 18 heavy (non-hydrogen) atoms. The number of carbonyl (C=O) groups excluding carboxylic acids is 1. The van der Waals surface area contributed by atoms with Crippen LogP contribution in [0.2, 0.25) is 0 Å². The van der Waals surface area contributed by atoms with Crippen molar-refractivity contribution in [1.29, 1.82) is 0 Å². The zero-order valence-corrected chi connectivity index (χ0v) is 12.5. The molecule has 1 saturated carbocycles. The van der Waals surface area contributed by atoms with Gasteiger partial charge in [-0.2, -0.15) is 0 Å². The number of nitrogens with zero attached hydrogens (tertiary/aromatic N) is 1. The molecule has 0 bridgehead atoms. The van der Waals surface area contributed by atoms with Crippen molar-refractivity contribution in [3.05, 3.63) is 0 Å². The second-order valence-corrected chi connectivity index (χ2v) is 6.03. The maximum absolute atomic E-state index is 12.6. The maximum atomic E-state index is 12.6. The molecule has 1 fully saturated rings. The first-order valence-corrected chi connectivity index (χ1v) is 7.57. The minimum atomic E-state index is 0.101. The molecule has 0 spiro atoms. The first kappa shape index (κ1) is 15.5. The molecule has 1 aliphatic carbocycles. The third-order valence-electron chi connectivity index (χ3n) is 3.73. The monoisotopic (exact) mass is 254 g/mol. The average Bonchev–Trinajstić information content (AvgIpc) is 2.85. The molecule has 3 heteroatoms. The fraction of sp³-hybridized carbons (Fsp3) is 0.933. The molecular weight excluding hydrogens is 224 g/mol. The summed E-state index contributed by atoms with van der Waals surface area (Å²) >= 11 is 0. The number of amides is 1. The second-order valence-electron chi connectivity index (χ2n) is 6.03. The van der Waals surface area contributed by atoms with Gasteiger partial charge in [0.1, 0.15) is 0 Å². The lowest BCUT2D eigenvalue weighted by Crippen LogP contribution is -2.45. The van der Waals surface area contributed by atoms with Crippen LogP contribution in [0.1, 0.15) is 53.4 Å². The van der Waals surface area contributed by atoms with E-state index in [1.807, 2.05) is 6.92 Å². The van der Waals surface area contributed by atoms with Gasteiger partial charge in [0.15, 0.2) is 0 Å². The predicted molar refractivity (Wildman–Crippen MR) is 76.5 cm³/mol. The minimum absolute atomic E-state index is 0.101. The average molecular weight is 254 g/mol. The van der Waals surface area contributed by atoms with Gasteiger partial charge >= 0.3 is 0 Å². The molecule has 0 aromatic rings. The smallest absolute Gasteiger partial charge is 0.226 e. The van der Waals surface area contributed by atoms with Crippen LogP contribution in [0, 0.1) is 11.8 Å². The van der Waals surface area contributed by atoms with Crippen LogP contribution in [-0.4, -0.2) is 36.5 Å². The van der Waals surface area contributed by atoms with Crippen molar-refractivity contribution in [1.82, 2.24) is 10.2 Å². The summed E-state index contributed by atoms with van der Waals surface area (Å²) in [5, 5.41) is 3.28. The highest BCUT2D eigenvalue weighted by Gasteiger charge is 2.29. The Labute approximate surface area is 112 Å². The van der Waals surface area contributed by atoms with Gasteiger partial charge in [-0.15, -0.1) is 0 Å². The van der Waals surface area contributed by atoms with Crippen molar-refractivity contribution in [2.75, 3.05) is 19.6 Å². The Balaban J connectivity index is 2.59. The van der Waals surface area contributed by atoms with Crippen molar-refractivity contribution in [2.24, 2.45) is 11.8 Å². The number of carbonyl (C=O) groups is 1. The fourth-order valence-corrected chi connectivity index (χ4v) is 2.76. The largest absolute Gasteiger partial charge is 0.339 e. The van der Waals surface area contributed by atoms with E-state index < -0.39 is 0 Å². The Morgan fingerprint density at radius 2 is 1.89 bits per heavy atom. The SMILES string of the molecule is CCNCC(C)C(=O)N(CC(C)C)C1CCCC1. The van der Waals surface area contributed by atoms with Crippen LogP contribution in [0.5, 0.6) is 0 Å². The summed E-state index contributed by atoms with van der Waals surface area (Å²) in [6.45, 7) is 11.2. The molecule has 0 radical (unpaired) electrons. The normalized spacial score (nSPS) is 18.3. The van der Waals surface area contributed by atoms with Gasteiger partial charge in [0.05, 0.1) is 0 Å². The van der Waals surface area contributed by atoms with Crippen molar-refractivity contribution >= 4 is 5.91 Å². The Morgan fingerprint density at radius 3 is 2.39 bits per heavy atom. The quantitative estimate of drug-likeness (QED) is 0.757. The van der Waals surface area contributed by atoms with Gasteiger partial charge in [-0.25, -0.2) is 0 Å². The van der Waals surface area contributed by atoms with Crippen molar-refractivity contribution < 1.29 is 4.79 Å². The molecule has 1 N–H and O–H groups in total. The van der Waals surface area contributed by atoms with E-state index >= 15 is 0 Å². The summed E-state index contributed by atoms with van der Waals surface area (Å²) in [6, 6.07) is 0.504. The third-order valence-corrected chi connectivity index (χ3v) is 3.73. The predicted octanol–water partition coefficient (Wildman–Crippen LogP) is 2.66.